The second-order valence-electron chi connectivity index (χ2n) is 4.37. The van der Waals surface area contributed by atoms with Crippen molar-refractivity contribution in [2.45, 2.75) is 31.2 Å². The van der Waals surface area contributed by atoms with E-state index < -0.39 is 10.0 Å². The average molecular weight is 285 g/mol. The number of sulfonamides is 1. The van der Waals surface area contributed by atoms with Crippen molar-refractivity contribution < 1.29 is 13.2 Å². The number of hydrogen-bond donors (Lipinski definition) is 2. The predicted octanol–water partition coefficient (Wildman–Crippen LogP) is 1.60. The van der Waals surface area contributed by atoms with E-state index in [9.17, 15) is 13.2 Å². The lowest BCUT2D eigenvalue weighted by Crippen LogP contribution is -2.37. The lowest BCUT2D eigenvalue weighted by atomic mass is 10.2. The Balaban J connectivity index is 2.76. The molecular formula is C12H19N3O3S. The third kappa shape index (κ3) is 4.22. The van der Waals surface area contributed by atoms with Gasteiger partial charge in [-0.15, -0.1) is 0 Å². The summed E-state index contributed by atoms with van der Waals surface area (Å²) < 4.78 is 22.2. The normalized spacial score (nSPS) is 12.8. The maximum absolute atomic E-state index is 11.9. The Morgan fingerprint density at radius 3 is 2.32 bits per heavy atom. The summed E-state index contributed by atoms with van der Waals surface area (Å²) in [6.45, 7) is 3.94. The van der Waals surface area contributed by atoms with Gasteiger partial charge in [0, 0.05) is 18.8 Å². The van der Waals surface area contributed by atoms with Crippen LogP contribution in [0.15, 0.2) is 29.2 Å². The van der Waals surface area contributed by atoms with E-state index in [0.717, 1.165) is 6.42 Å². The van der Waals surface area contributed by atoms with Crippen LogP contribution in [0.4, 0.5) is 10.5 Å². The number of nitrogens with zero attached hydrogens (tertiary/aromatic N) is 1. The van der Waals surface area contributed by atoms with Gasteiger partial charge in [0.1, 0.15) is 0 Å². The van der Waals surface area contributed by atoms with Crippen LogP contribution >= 0.6 is 0 Å². The van der Waals surface area contributed by atoms with Crippen molar-refractivity contribution in [2.24, 2.45) is 5.14 Å². The van der Waals surface area contributed by atoms with Gasteiger partial charge in [0.25, 0.3) is 0 Å². The number of rotatable bonds is 4. The first-order valence-corrected chi connectivity index (χ1v) is 7.47. The van der Waals surface area contributed by atoms with Gasteiger partial charge in [0.05, 0.1) is 4.90 Å². The topological polar surface area (TPSA) is 92.5 Å². The van der Waals surface area contributed by atoms with Gasteiger partial charge in [-0.1, -0.05) is 6.92 Å². The van der Waals surface area contributed by atoms with Crippen LogP contribution in [-0.4, -0.2) is 32.4 Å². The van der Waals surface area contributed by atoms with Crippen molar-refractivity contribution in [3.05, 3.63) is 24.3 Å². The standard InChI is InChI=1S/C12H19N3O3S/c1-4-9(2)15(3)12(16)14-10-5-7-11(8-6-10)19(13,17)18/h5-9H,4H2,1-3H3,(H,14,16)(H2,13,17,18)/t9-/m1/s1. The van der Waals surface area contributed by atoms with Gasteiger partial charge in [-0.05, 0) is 37.6 Å². The zero-order chi connectivity index (χ0) is 14.6. The highest BCUT2D eigenvalue weighted by atomic mass is 32.2. The molecule has 1 atom stereocenters. The smallest absolute Gasteiger partial charge is 0.321 e. The molecule has 0 saturated carbocycles. The van der Waals surface area contributed by atoms with E-state index in [1.54, 1.807) is 11.9 Å². The molecule has 0 aliphatic carbocycles. The second-order valence-corrected chi connectivity index (χ2v) is 5.93. The predicted molar refractivity (Wildman–Crippen MR) is 74.3 cm³/mol. The van der Waals surface area contributed by atoms with Crippen molar-refractivity contribution >= 4 is 21.7 Å². The van der Waals surface area contributed by atoms with Crippen LogP contribution in [0.5, 0.6) is 0 Å². The van der Waals surface area contributed by atoms with Gasteiger partial charge in [-0.25, -0.2) is 18.4 Å². The Hall–Kier alpha value is -1.60. The molecule has 0 radical (unpaired) electrons. The summed E-state index contributed by atoms with van der Waals surface area (Å²) in [5.41, 5.74) is 0.521. The van der Waals surface area contributed by atoms with Crippen molar-refractivity contribution in [3.63, 3.8) is 0 Å². The summed E-state index contributed by atoms with van der Waals surface area (Å²) in [6, 6.07) is 5.61. The van der Waals surface area contributed by atoms with E-state index in [1.807, 2.05) is 13.8 Å². The first-order chi connectivity index (χ1) is 8.75. The first kappa shape index (κ1) is 15.5. The molecule has 0 bridgehead atoms. The monoisotopic (exact) mass is 285 g/mol. The van der Waals surface area contributed by atoms with E-state index >= 15 is 0 Å². The number of amides is 2. The minimum Gasteiger partial charge on any atom is -0.325 e. The highest BCUT2D eigenvalue weighted by Crippen LogP contribution is 2.13. The molecule has 0 heterocycles. The second kappa shape index (κ2) is 6.03. The molecule has 6 nitrogen and oxygen atoms in total. The first-order valence-electron chi connectivity index (χ1n) is 5.92. The maximum Gasteiger partial charge on any atom is 0.321 e. The number of nitrogens with two attached hydrogens (primary N) is 1. The summed E-state index contributed by atoms with van der Waals surface area (Å²) in [4.78, 5) is 13.5. The quantitative estimate of drug-likeness (QED) is 0.880. The fourth-order valence-electron chi connectivity index (χ4n) is 1.41. The van der Waals surface area contributed by atoms with Crippen LogP contribution < -0.4 is 10.5 Å². The van der Waals surface area contributed by atoms with Gasteiger partial charge >= 0.3 is 6.03 Å². The fourth-order valence-corrected chi connectivity index (χ4v) is 1.93. The van der Waals surface area contributed by atoms with E-state index in [1.165, 1.54) is 24.3 Å². The third-order valence-corrected chi connectivity index (χ3v) is 3.94. The molecule has 106 valence electrons. The molecule has 1 rings (SSSR count). The Morgan fingerprint density at radius 2 is 1.89 bits per heavy atom. The highest BCUT2D eigenvalue weighted by molar-refractivity contribution is 7.89. The van der Waals surface area contributed by atoms with E-state index in [4.69, 9.17) is 5.14 Å². The molecule has 0 spiro atoms. The van der Waals surface area contributed by atoms with Crippen molar-refractivity contribution in [1.29, 1.82) is 0 Å². The number of urea groups is 1. The lowest BCUT2D eigenvalue weighted by molar-refractivity contribution is 0.206. The molecule has 0 aliphatic heterocycles. The number of hydrogen-bond acceptors (Lipinski definition) is 3. The molecule has 1 aromatic carbocycles. The summed E-state index contributed by atoms with van der Waals surface area (Å²) >= 11 is 0. The average Bonchev–Trinajstić information content (AvgIpc) is 2.36. The summed E-state index contributed by atoms with van der Waals surface area (Å²) in [5, 5.41) is 7.68. The lowest BCUT2D eigenvalue weighted by Gasteiger charge is -2.24. The van der Waals surface area contributed by atoms with E-state index in [0.29, 0.717) is 5.69 Å². The number of carbonyl (C=O) groups excluding carboxylic acids is 1. The van der Waals surface area contributed by atoms with Gasteiger partial charge in [0.15, 0.2) is 0 Å². The Morgan fingerprint density at radius 1 is 1.37 bits per heavy atom. The molecule has 19 heavy (non-hydrogen) atoms. The number of carbonyl (C=O) groups is 1. The number of benzene rings is 1. The van der Waals surface area contributed by atoms with Crippen LogP contribution in [0.3, 0.4) is 0 Å². The van der Waals surface area contributed by atoms with E-state index in [-0.39, 0.29) is 17.0 Å². The molecule has 2 amide bonds. The van der Waals surface area contributed by atoms with Crippen molar-refractivity contribution in [3.8, 4) is 0 Å². The molecule has 3 N–H and O–H groups in total. The van der Waals surface area contributed by atoms with Crippen LogP contribution in [-0.2, 0) is 10.0 Å². The van der Waals surface area contributed by atoms with Gasteiger partial charge in [-0.3, -0.25) is 0 Å². The zero-order valence-corrected chi connectivity index (χ0v) is 12.1. The minimum absolute atomic E-state index is 0.0146. The molecule has 7 heteroatoms. The van der Waals surface area contributed by atoms with Gasteiger partial charge < -0.3 is 10.2 Å². The number of anilines is 1. The Labute approximate surface area is 113 Å². The van der Waals surface area contributed by atoms with Crippen LogP contribution in [0, 0.1) is 0 Å². The van der Waals surface area contributed by atoms with Gasteiger partial charge in [0.2, 0.25) is 10.0 Å². The van der Waals surface area contributed by atoms with Gasteiger partial charge in [-0.2, -0.15) is 0 Å². The number of primary sulfonamides is 1. The maximum atomic E-state index is 11.9. The SMILES string of the molecule is CC[C@@H](C)N(C)C(=O)Nc1ccc(S(N)(=O)=O)cc1. The summed E-state index contributed by atoms with van der Waals surface area (Å²) in [5.74, 6) is 0. The van der Waals surface area contributed by atoms with Crippen LogP contribution in [0.2, 0.25) is 0 Å². The minimum atomic E-state index is -3.70. The molecule has 0 unspecified atom stereocenters. The summed E-state index contributed by atoms with van der Waals surface area (Å²) in [6.07, 6.45) is 0.855. The van der Waals surface area contributed by atoms with Crippen molar-refractivity contribution in [2.75, 3.05) is 12.4 Å². The van der Waals surface area contributed by atoms with Crippen LogP contribution in [0.1, 0.15) is 20.3 Å². The fraction of sp³-hybridized carbons (Fsp3) is 0.417. The zero-order valence-electron chi connectivity index (χ0n) is 11.3. The number of nitrogens with one attached hydrogen (secondary N) is 1. The molecule has 0 fully saturated rings. The summed E-state index contributed by atoms with van der Waals surface area (Å²) in [7, 11) is -1.99. The molecule has 1 aromatic rings. The molecule has 0 aliphatic rings. The molecule has 0 aromatic heterocycles. The highest BCUT2D eigenvalue weighted by Gasteiger charge is 2.14. The molecular weight excluding hydrogens is 266 g/mol. The third-order valence-electron chi connectivity index (χ3n) is 3.01. The largest absolute Gasteiger partial charge is 0.325 e. The molecule has 0 saturated heterocycles. The van der Waals surface area contributed by atoms with E-state index in [2.05, 4.69) is 5.32 Å². The Kier molecular flexibility index (Phi) is 4.90. The Bertz CT molecular complexity index is 540. The van der Waals surface area contributed by atoms with Crippen molar-refractivity contribution in [1.82, 2.24) is 4.90 Å². The van der Waals surface area contributed by atoms with Crippen LogP contribution in [0.25, 0.3) is 0 Å².